The van der Waals surface area contributed by atoms with Gasteiger partial charge >= 0.3 is 0 Å². The van der Waals surface area contributed by atoms with Crippen molar-refractivity contribution in [3.05, 3.63) is 52.1 Å². The summed E-state index contributed by atoms with van der Waals surface area (Å²) in [5, 5.41) is 0. The van der Waals surface area contributed by atoms with Gasteiger partial charge in [-0.1, -0.05) is 32.0 Å². The van der Waals surface area contributed by atoms with Crippen LogP contribution in [0.15, 0.2) is 41.0 Å². The normalized spacial score (nSPS) is 10.8. The zero-order chi connectivity index (χ0) is 13.8. The van der Waals surface area contributed by atoms with E-state index in [-0.39, 0.29) is 0 Å². The second kappa shape index (κ2) is 6.40. The molecule has 1 aromatic heterocycles. The Kier molecular flexibility index (Phi) is 4.83. The molecule has 100 valence electrons. The van der Waals surface area contributed by atoms with Crippen LogP contribution in [-0.2, 0) is 5.88 Å². The maximum Gasteiger partial charge on any atom is 0.223 e. The van der Waals surface area contributed by atoms with Crippen molar-refractivity contribution in [1.29, 1.82) is 0 Å². The maximum absolute atomic E-state index is 5.93. The largest absolute Gasteiger partial charge is 0.438 e. The van der Waals surface area contributed by atoms with Gasteiger partial charge < -0.3 is 4.74 Å². The third kappa shape index (κ3) is 3.48. The third-order valence-electron chi connectivity index (χ3n) is 2.78. The van der Waals surface area contributed by atoms with Gasteiger partial charge in [0.05, 0.1) is 5.88 Å². The average molecular weight is 341 g/mol. The predicted octanol–water partition coefficient (Wildman–Crippen LogP) is 5.50. The highest BCUT2D eigenvalue weighted by atomic mass is 79.9. The molecule has 1 aromatic carbocycles. The first-order valence-corrected chi connectivity index (χ1v) is 7.41. The van der Waals surface area contributed by atoms with Gasteiger partial charge in [-0.2, -0.15) is 0 Å². The number of hydrogen-bond acceptors (Lipinski definition) is 2. The van der Waals surface area contributed by atoms with Crippen LogP contribution in [0.3, 0.4) is 0 Å². The molecule has 0 atom stereocenters. The summed E-state index contributed by atoms with van der Waals surface area (Å²) in [6.07, 6.45) is 1.71. The van der Waals surface area contributed by atoms with E-state index >= 15 is 0 Å². The number of pyridine rings is 1. The fourth-order valence-electron chi connectivity index (χ4n) is 1.81. The number of halogens is 2. The SMILES string of the molecule is CC(C)c1ccccc1Oc1ncc(Br)cc1CCl. The number of nitrogens with zero attached hydrogens (tertiary/aromatic N) is 1. The van der Waals surface area contributed by atoms with Gasteiger partial charge in [0.2, 0.25) is 5.88 Å². The molecule has 0 N–H and O–H groups in total. The first-order valence-electron chi connectivity index (χ1n) is 6.09. The molecule has 19 heavy (non-hydrogen) atoms. The van der Waals surface area contributed by atoms with Crippen LogP contribution in [0.5, 0.6) is 11.6 Å². The third-order valence-corrected chi connectivity index (χ3v) is 3.51. The van der Waals surface area contributed by atoms with E-state index in [4.69, 9.17) is 16.3 Å². The molecule has 0 saturated carbocycles. The molecule has 0 saturated heterocycles. The minimum Gasteiger partial charge on any atom is -0.438 e. The van der Waals surface area contributed by atoms with E-state index in [1.807, 2.05) is 24.3 Å². The van der Waals surface area contributed by atoms with E-state index in [0.29, 0.717) is 17.7 Å². The van der Waals surface area contributed by atoms with Crippen LogP contribution in [0.1, 0.15) is 30.9 Å². The van der Waals surface area contributed by atoms with Crippen LogP contribution in [0.25, 0.3) is 0 Å². The molecular formula is C15H15BrClNO. The molecule has 4 heteroatoms. The lowest BCUT2D eigenvalue weighted by molar-refractivity contribution is 0.450. The van der Waals surface area contributed by atoms with Crippen molar-refractivity contribution < 1.29 is 4.74 Å². The van der Waals surface area contributed by atoms with Gasteiger partial charge in [0, 0.05) is 16.2 Å². The molecule has 0 radical (unpaired) electrons. The van der Waals surface area contributed by atoms with Gasteiger partial charge in [-0.05, 0) is 39.5 Å². The van der Waals surface area contributed by atoms with Gasteiger partial charge in [-0.15, -0.1) is 11.6 Å². The zero-order valence-electron chi connectivity index (χ0n) is 10.9. The van der Waals surface area contributed by atoms with E-state index in [2.05, 4.69) is 40.8 Å². The number of hydrogen-bond donors (Lipinski definition) is 0. The summed E-state index contributed by atoms with van der Waals surface area (Å²) in [5.74, 6) is 2.15. The summed E-state index contributed by atoms with van der Waals surface area (Å²) < 4.78 is 6.83. The lowest BCUT2D eigenvalue weighted by atomic mass is 10.0. The Morgan fingerprint density at radius 3 is 2.74 bits per heavy atom. The zero-order valence-corrected chi connectivity index (χ0v) is 13.2. The highest BCUT2D eigenvalue weighted by Crippen LogP contribution is 2.32. The van der Waals surface area contributed by atoms with E-state index in [1.165, 1.54) is 0 Å². The van der Waals surface area contributed by atoms with Crippen molar-refractivity contribution in [2.24, 2.45) is 0 Å². The Morgan fingerprint density at radius 1 is 1.32 bits per heavy atom. The van der Waals surface area contributed by atoms with E-state index < -0.39 is 0 Å². The average Bonchev–Trinajstić information content (AvgIpc) is 2.41. The van der Waals surface area contributed by atoms with Crippen molar-refractivity contribution >= 4 is 27.5 Å². The predicted molar refractivity (Wildman–Crippen MR) is 82.1 cm³/mol. The van der Waals surface area contributed by atoms with Crippen molar-refractivity contribution in [1.82, 2.24) is 4.98 Å². The van der Waals surface area contributed by atoms with Crippen LogP contribution in [0.4, 0.5) is 0 Å². The number of alkyl halides is 1. The fourth-order valence-corrected chi connectivity index (χ4v) is 2.38. The Bertz CT molecular complexity index is 572. The molecule has 0 aliphatic heterocycles. The molecule has 0 bridgehead atoms. The summed E-state index contributed by atoms with van der Waals surface area (Å²) in [7, 11) is 0. The minimum atomic E-state index is 0.367. The molecule has 0 aliphatic rings. The van der Waals surface area contributed by atoms with Crippen LogP contribution in [0, 0.1) is 0 Å². The van der Waals surface area contributed by atoms with Gasteiger partial charge in [0.15, 0.2) is 0 Å². The molecular weight excluding hydrogens is 326 g/mol. The second-order valence-corrected chi connectivity index (χ2v) is 5.73. The number of benzene rings is 1. The van der Waals surface area contributed by atoms with Crippen LogP contribution >= 0.6 is 27.5 Å². The summed E-state index contributed by atoms with van der Waals surface area (Å²) in [6, 6.07) is 9.92. The van der Waals surface area contributed by atoms with Crippen LogP contribution in [-0.4, -0.2) is 4.98 Å². The van der Waals surface area contributed by atoms with Gasteiger partial charge in [-0.3, -0.25) is 0 Å². The maximum atomic E-state index is 5.93. The minimum absolute atomic E-state index is 0.367. The topological polar surface area (TPSA) is 22.1 Å². The van der Waals surface area contributed by atoms with Crippen molar-refractivity contribution in [2.45, 2.75) is 25.6 Å². The van der Waals surface area contributed by atoms with Gasteiger partial charge in [0.1, 0.15) is 5.75 Å². The number of aromatic nitrogens is 1. The van der Waals surface area contributed by atoms with Crippen LogP contribution in [0.2, 0.25) is 0 Å². The highest BCUT2D eigenvalue weighted by Gasteiger charge is 2.11. The van der Waals surface area contributed by atoms with Crippen LogP contribution < -0.4 is 4.74 Å². The monoisotopic (exact) mass is 339 g/mol. The smallest absolute Gasteiger partial charge is 0.223 e. The van der Waals surface area contributed by atoms with Crippen molar-refractivity contribution in [3.63, 3.8) is 0 Å². The Morgan fingerprint density at radius 2 is 2.05 bits per heavy atom. The lowest BCUT2D eigenvalue weighted by Crippen LogP contribution is -1.97. The first-order chi connectivity index (χ1) is 9.11. The summed E-state index contributed by atoms with van der Waals surface area (Å²) in [5.41, 5.74) is 2.03. The van der Waals surface area contributed by atoms with Crippen molar-refractivity contribution in [3.8, 4) is 11.6 Å². The molecule has 0 amide bonds. The van der Waals surface area contributed by atoms with Crippen molar-refractivity contribution in [2.75, 3.05) is 0 Å². The second-order valence-electron chi connectivity index (χ2n) is 4.55. The highest BCUT2D eigenvalue weighted by molar-refractivity contribution is 9.10. The molecule has 0 fully saturated rings. The van der Waals surface area contributed by atoms with E-state index in [1.54, 1.807) is 6.20 Å². The summed E-state index contributed by atoms with van der Waals surface area (Å²) in [4.78, 5) is 4.29. The Labute approximate surface area is 126 Å². The molecule has 1 heterocycles. The lowest BCUT2D eigenvalue weighted by Gasteiger charge is -2.14. The summed E-state index contributed by atoms with van der Waals surface area (Å²) >= 11 is 9.32. The number of para-hydroxylation sites is 1. The molecule has 2 nitrogen and oxygen atoms in total. The molecule has 0 aliphatic carbocycles. The number of rotatable bonds is 4. The molecule has 0 spiro atoms. The Balaban J connectivity index is 2.36. The fraction of sp³-hybridized carbons (Fsp3) is 0.267. The summed E-state index contributed by atoms with van der Waals surface area (Å²) in [6.45, 7) is 4.28. The standard InChI is InChI=1S/C15H15BrClNO/c1-10(2)13-5-3-4-6-14(13)19-15-11(8-17)7-12(16)9-18-15/h3-7,9-10H,8H2,1-2H3. The van der Waals surface area contributed by atoms with Gasteiger partial charge in [0.25, 0.3) is 0 Å². The number of ether oxygens (including phenoxy) is 1. The van der Waals surface area contributed by atoms with Gasteiger partial charge in [-0.25, -0.2) is 4.98 Å². The molecule has 2 rings (SSSR count). The first kappa shape index (κ1) is 14.4. The molecule has 0 unspecified atom stereocenters. The Hall–Kier alpha value is -1.06. The quantitative estimate of drug-likeness (QED) is 0.686. The van der Waals surface area contributed by atoms with E-state index in [0.717, 1.165) is 21.3 Å². The van der Waals surface area contributed by atoms with E-state index in [9.17, 15) is 0 Å². The molecule has 2 aromatic rings.